The molecule has 8 heteroatoms. The summed E-state index contributed by atoms with van der Waals surface area (Å²) in [6, 6.07) is 7.65. The number of nitrogens with zero attached hydrogens (tertiary/aromatic N) is 5. The number of likely N-dealkylation sites (tertiary alicyclic amines) is 1. The van der Waals surface area contributed by atoms with Crippen LogP contribution in [0.4, 0.5) is 0 Å². The van der Waals surface area contributed by atoms with Crippen molar-refractivity contribution in [3.8, 4) is 17.2 Å². The SMILES string of the molecule is COc1ccc(-c2nnc([C@@H](C)N3CCN(CC(=O)N4CCCCCC4)CC3)o2)cc1. The summed E-state index contributed by atoms with van der Waals surface area (Å²) >= 11 is 0. The molecule has 168 valence electrons. The molecule has 2 aliphatic heterocycles. The number of carbonyl (C=O) groups is 1. The first-order valence-corrected chi connectivity index (χ1v) is 11.4. The minimum atomic E-state index is 0.0444. The number of hydrogen-bond donors (Lipinski definition) is 0. The molecular formula is C23H33N5O3. The number of methoxy groups -OCH3 is 1. The fourth-order valence-electron chi connectivity index (χ4n) is 4.33. The second kappa shape index (κ2) is 10.2. The molecule has 0 saturated carbocycles. The number of piperazine rings is 1. The molecule has 2 fully saturated rings. The average molecular weight is 428 g/mol. The molecule has 2 saturated heterocycles. The molecule has 0 unspecified atom stereocenters. The van der Waals surface area contributed by atoms with Gasteiger partial charge in [0.15, 0.2) is 0 Å². The van der Waals surface area contributed by atoms with Gasteiger partial charge in [0.05, 0.1) is 19.7 Å². The summed E-state index contributed by atoms with van der Waals surface area (Å²) in [4.78, 5) is 19.3. The summed E-state index contributed by atoms with van der Waals surface area (Å²) in [5.74, 6) is 2.22. The Labute approximate surface area is 184 Å². The maximum absolute atomic E-state index is 12.7. The first-order chi connectivity index (χ1) is 15.1. The minimum absolute atomic E-state index is 0.0444. The highest BCUT2D eigenvalue weighted by Gasteiger charge is 2.27. The summed E-state index contributed by atoms with van der Waals surface area (Å²) in [7, 11) is 1.64. The Balaban J connectivity index is 1.28. The molecule has 0 radical (unpaired) electrons. The van der Waals surface area contributed by atoms with Crippen molar-refractivity contribution in [2.24, 2.45) is 0 Å². The van der Waals surface area contributed by atoms with Crippen molar-refractivity contribution in [3.63, 3.8) is 0 Å². The Hall–Kier alpha value is -2.45. The third-order valence-corrected chi connectivity index (χ3v) is 6.41. The van der Waals surface area contributed by atoms with Crippen LogP contribution in [0, 0.1) is 0 Å². The molecule has 31 heavy (non-hydrogen) atoms. The Morgan fingerprint density at radius 3 is 2.32 bits per heavy atom. The zero-order chi connectivity index (χ0) is 21.6. The van der Waals surface area contributed by atoms with Gasteiger partial charge in [-0.25, -0.2) is 0 Å². The van der Waals surface area contributed by atoms with Crippen LogP contribution in [0.2, 0.25) is 0 Å². The standard InChI is InChI=1S/C23H33N5O3/c1-18(22-24-25-23(31-22)19-7-9-20(30-2)10-8-19)27-15-13-26(14-16-27)17-21(29)28-11-5-3-4-6-12-28/h7-10,18H,3-6,11-17H2,1-2H3/t18-/m1/s1. The zero-order valence-corrected chi connectivity index (χ0v) is 18.6. The van der Waals surface area contributed by atoms with Crippen molar-refractivity contribution in [1.29, 1.82) is 0 Å². The van der Waals surface area contributed by atoms with Gasteiger partial charge in [0, 0.05) is 44.8 Å². The van der Waals surface area contributed by atoms with Crippen LogP contribution in [-0.4, -0.2) is 83.7 Å². The number of benzene rings is 1. The number of hydrogen-bond acceptors (Lipinski definition) is 7. The highest BCUT2D eigenvalue weighted by molar-refractivity contribution is 5.78. The lowest BCUT2D eigenvalue weighted by atomic mass is 10.2. The average Bonchev–Trinajstić information content (AvgIpc) is 3.14. The predicted molar refractivity (Wildman–Crippen MR) is 118 cm³/mol. The van der Waals surface area contributed by atoms with Crippen LogP contribution in [-0.2, 0) is 4.79 Å². The van der Waals surface area contributed by atoms with Gasteiger partial charge in [-0.15, -0.1) is 10.2 Å². The summed E-state index contributed by atoms with van der Waals surface area (Å²) < 4.78 is 11.2. The third-order valence-electron chi connectivity index (χ3n) is 6.41. The van der Waals surface area contributed by atoms with Crippen molar-refractivity contribution in [2.75, 3.05) is 52.9 Å². The van der Waals surface area contributed by atoms with Crippen LogP contribution in [0.25, 0.3) is 11.5 Å². The van der Waals surface area contributed by atoms with Gasteiger partial charge < -0.3 is 14.1 Å². The Morgan fingerprint density at radius 1 is 1.00 bits per heavy atom. The highest BCUT2D eigenvalue weighted by Crippen LogP contribution is 2.26. The summed E-state index contributed by atoms with van der Waals surface area (Å²) in [5.41, 5.74) is 0.878. The number of rotatable bonds is 6. The van der Waals surface area contributed by atoms with E-state index in [1.54, 1.807) is 7.11 Å². The maximum atomic E-state index is 12.7. The Morgan fingerprint density at radius 2 is 1.68 bits per heavy atom. The predicted octanol–water partition coefficient (Wildman–Crippen LogP) is 2.83. The summed E-state index contributed by atoms with van der Waals surface area (Å²) in [6.45, 7) is 8.00. The van der Waals surface area contributed by atoms with E-state index >= 15 is 0 Å². The lowest BCUT2D eigenvalue weighted by Crippen LogP contribution is -2.50. The molecule has 1 atom stereocenters. The normalized spacial score (nSPS) is 19.7. The van der Waals surface area contributed by atoms with Crippen molar-refractivity contribution in [1.82, 2.24) is 24.9 Å². The minimum Gasteiger partial charge on any atom is -0.497 e. The van der Waals surface area contributed by atoms with Gasteiger partial charge >= 0.3 is 0 Å². The van der Waals surface area contributed by atoms with Gasteiger partial charge in [-0.05, 0) is 44.0 Å². The van der Waals surface area contributed by atoms with Crippen LogP contribution in [0.15, 0.2) is 28.7 Å². The van der Waals surface area contributed by atoms with E-state index < -0.39 is 0 Å². The van der Waals surface area contributed by atoms with E-state index in [9.17, 15) is 4.79 Å². The number of carbonyl (C=O) groups excluding carboxylic acids is 1. The van der Waals surface area contributed by atoms with Gasteiger partial charge in [-0.1, -0.05) is 12.8 Å². The smallest absolute Gasteiger partial charge is 0.247 e. The molecule has 8 nitrogen and oxygen atoms in total. The largest absolute Gasteiger partial charge is 0.497 e. The molecule has 1 aromatic heterocycles. The molecular weight excluding hydrogens is 394 g/mol. The van der Waals surface area contributed by atoms with E-state index in [-0.39, 0.29) is 11.9 Å². The summed E-state index contributed by atoms with van der Waals surface area (Å²) in [5, 5.41) is 8.51. The van der Waals surface area contributed by atoms with Crippen molar-refractivity contribution in [2.45, 2.75) is 38.6 Å². The second-order valence-corrected chi connectivity index (χ2v) is 8.46. The number of aromatic nitrogens is 2. The van der Waals surface area contributed by atoms with Gasteiger partial charge in [0.2, 0.25) is 17.7 Å². The van der Waals surface area contributed by atoms with E-state index in [0.29, 0.717) is 18.3 Å². The highest BCUT2D eigenvalue weighted by atomic mass is 16.5. The van der Waals surface area contributed by atoms with E-state index in [4.69, 9.17) is 9.15 Å². The van der Waals surface area contributed by atoms with Crippen LogP contribution in [0.3, 0.4) is 0 Å². The third kappa shape index (κ3) is 5.43. The van der Waals surface area contributed by atoms with Gasteiger partial charge in [0.1, 0.15) is 5.75 Å². The van der Waals surface area contributed by atoms with Crippen molar-refractivity contribution in [3.05, 3.63) is 30.2 Å². The molecule has 0 bridgehead atoms. The van der Waals surface area contributed by atoms with Crippen LogP contribution in [0.5, 0.6) is 5.75 Å². The van der Waals surface area contributed by atoms with Crippen LogP contribution < -0.4 is 4.74 Å². The maximum Gasteiger partial charge on any atom is 0.247 e. The second-order valence-electron chi connectivity index (χ2n) is 8.46. The first kappa shape index (κ1) is 21.8. The first-order valence-electron chi connectivity index (χ1n) is 11.4. The van der Waals surface area contributed by atoms with E-state index in [1.807, 2.05) is 24.3 Å². The zero-order valence-electron chi connectivity index (χ0n) is 18.6. The lowest BCUT2D eigenvalue weighted by Gasteiger charge is -2.37. The number of amides is 1. The fraction of sp³-hybridized carbons (Fsp3) is 0.609. The molecule has 0 aliphatic carbocycles. The fourth-order valence-corrected chi connectivity index (χ4v) is 4.33. The molecule has 1 aromatic carbocycles. The van der Waals surface area contributed by atoms with Crippen LogP contribution in [0.1, 0.15) is 44.5 Å². The van der Waals surface area contributed by atoms with E-state index in [1.165, 1.54) is 12.8 Å². The van der Waals surface area contributed by atoms with Gasteiger partial charge in [-0.2, -0.15) is 0 Å². The molecule has 2 aliphatic rings. The molecule has 2 aromatic rings. The van der Waals surface area contributed by atoms with E-state index in [2.05, 4.69) is 31.8 Å². The molecule has 0 spiro atoms. The van der Waals surface area contributed by atoms with Gasteiger partial charge in [-0.3, -0.25) is 14.6 Å². The molecule has 3 heterocycles. The lowest BCUT2D eigenvalue weighted by molar-refractivity contribution is -0.132. The van der Waals surface area contributed by atoms with Crippen molar-refractivity contribution >= 4 is 5.91 Å². The van der Waals surface area contributed by atoms with E-state index in [0.717, 1.165) is 63.4 Å². The molecule has 4 rings (SSSR count). The van der Waals surface area contributed by atoms with Crippen molar-refractivity contribution < 1.29 is 13.9 Å². The topological polar surface area (TPSA) is 74.9 Å². The van der Waals surface area contributed by atoms with Gasteiger partial charge in [0.25, 0.3) is 0 Å². The molecule has 1 amide bonds. The quantitative estimate of drug-likeness (QED) is 0.702. The molecule has 0 N–H and O–H groups in total. The Kier molecular flexibility index (Phi) is 7.19. The van der Waals surface area contributed by atoms with Crippen LogP contribution >= 0.6 is 0 Å². The number of ether oxygens (including phenoxy) is 1. The monoisotopic (exact) mass is 427 g/mol. The summed E-state index contributed by atoms with van der Waals surface area (Å²) in [6.07, 6.45) is 4.77. The Bertz CT molecular complexity index is 837.